The number of aliphatic hydroxyl groups is 1. The molecule has 0 aliphatic heterocycles. The molecule has 0 aromatic carbocycles. The van der Waals surface area contributed by atoms with Gasteiger partial charge in [-0.3, -0.25) is 4.84 Å². The van der Waals surface area contributed by atoms with Gasteiger partial charge >= 0.3 is 0 Å². The van der Waals surface area contributed by atoms with E-state index in [0.717, 1.165) is 26.2 Å². The van der Waals surface area contributed by atoms with Crippen LogP contribution in [-0.2, 0) is 14.3 Å². The van der Waals surface area contributed by atoms with Crippen LogP contribution in [-0.4, -0.2) is 61.9 Å². The van der Waals surface area contributed by atoms with E-state index >= 15 is 0 Å². The zero-order valence-electron chi connectivity index (χ0n) is 24.4. The topological polar surface area (TPSA) is 51.2 Å². The third kappa shape index (κ3) is 30.5. The van der Waals surface area contributed by atoms with Gasteiger partial charge in [-0.1, -0.05) is 52.5 Å². The predicted octanol–water partition coefficient (Wildman–Crippen LogP) is 7.90. The summed E-state index contributed by atoms with van der Waals surface area (Å²) in [5.41, 5.74) is 0. The maximum atomic E-state index is 8.48. The highest BCUT2D eigenvalue weighted by molar-refractivity contribution is 4.84. The molecule has 216 valence electrons. The molecular formula is C31H63NO4. The average molecular weight is 514 g/mol. The molecule has 0 aromatic heterocycles. The summed E-state index contributed by atoms with van der Waals surface area (Å²) in [7, 11) is 1.94. The molecule has 0 heterocycles. The quantitative estimate of drug-likeness (QED) is 0.158. The van der Waals surface area contributed by atoms with Gasteiger partial charge in [0.05, 0.1) is 12.7 Å². The van der Waals surface area contributed by atoms with E-state index in [9.17, 15) is 0 Å². The minimum absolute atomic E-state index is 0. The fourth-order valence-corrected chi connectivity index (χ4v) is 2.39. The van der Waals surface area contributed by atoms with Gasteiger partial charge in [0.25, 0.3) is 0 Å². The molecule has 0 aliphatic rings. The molecule has 0 bridgehead atoms. The lowest BCUT2D eigenvalue weighted by molar-refractivity contribution is -0.202. The zero-order chi connectivity index (χ0) is 28.2. The van der Waals surface area contributed by atoms with E-state index in [1.165, 1.54) is 0 Å². The van der Waals surface area contributed by atoms with Crippen LogP contribution in [0.25, 0.3) is 0 Å². The van der Waals surface area contributed by atoms with Crippen LogP contribution in [0.15, 0.2) is 63.8 Å². The Balaban J connectivity index is -0.000000143. The van der Waals surface area contributed by atoms with Gasteiger partial charge in [0.2, 0.25) is 0 Å². The van der Waals surface area contributed by atoms with Crippen molar-refractivity contribution < 1.29 is 19.4 Å². The Labute approximate surface area is 226 Å². The van der Waals surface area contributed by atoms with Crippen LogP contribution < -0.4 is 0 Å². The van der Waals surface area contributed by atoms with Crippen molar-refractivity contribution in [1.29, 1.82) is 0 Å². The number of nitrogens with zero attached hydrogens (tertiary/aromatic N) is 1. The van der Waals surface area contributed by atoms with E-state index in [2.05, 4.69) is 67.2 Å². The molecule has 0 unspecified atom stereocenters. The Morgan fingerprint density at radius 1 is 0.778 bits per heavy atom. The molecule has 6 atom stereocenters. The van der Waals surface area contributed by atoms with Crippen LogP contribution in [0.3, 0.4) is 0 Å². The summed E-state index contributed by atoms with van der Waals surface area (Å²) in [6.07, 6.45) is 8.77. The largest absolute Gasteiger partial charge is 0.393 e. The average Bonchev–Trinajstić information content (AvgIpc) is 2.85. The Kier molecular flexibility index (Phi) is 41.4. The second kappa shape index (κ2) is 33.5. The second-order valence-corrected chi connectivity index (χ2v) is 8.47. The number of aliphatic hydroxyl groups excluding tert-OH is 1. The van der Waals surface area contributed by atoms with E-state index in [4.69, 9.17) is 19.4 Å². The molecule has 0 saturated heterocycles. The van der Waals surface area contributed by atoms with Crippen molar-refractivity contribution >= 4 is 0 Å². The molecule has 0 radical (unpaired) electrons. The normalized spacial score (nSPS) is 14.7. The summed E-state index contributed by atoms with van der Waals surface area (Å²) in [4.78, 5) is 5.86. The first-order valence-corrected chi connectivity index (χ1v) is 12.8. The minimum Gasteiger partial charge on any atom is -0.393 e. The van der Waals surface area contributed by atoms with Gasteiger partial charge in [0.1, 0.15) is 6.10 Å². The van der Waals surface area contributed by atoms with Crippen LogP contribution in [0.4, 0.5) is 0 Å². The number of hydrogen-bond donors (Lipinski definition) is 1. The van der Waals surface area contributed by atoms with Gasteiger partial charge in [0.15, 0.2) is 0 Å². The lowest BCUT2D eigenvalue weighted by Gasteiger charge is -2.29. The Hall–Kier alpha value is -1.50. The van der Waals surface area contributed by atoms with Gasteiger partial charge in [-0.15, -0.1) is 39.5 Å². The van der Waals surface area contributed by atoms with E-state index in [1.807, 2.05) is 44.2 Å². The van der Waals surface area contributed by atoms with Crippen molar-refractivity contribution in [2.24, 2.45) is 17.8 Å². The number of hydrogen-bond acceptors (Lipinski definition) is 5. The van der Waals surface area contributed by atoms with Gasteiger partial charge in [-0.05, 0) is 52.4 Å². The fourth-order valence-electron chi connectivity index (χ4n) is 2.39. The summed E-state index contributed by atoms with van der Waals surface area (Å²) in [5, 5.41) is 10.4. The van der Waals surface area contributed by atoms with Gasteiger partial charge in [-0.25, -0.2) is 0 Å². The maximum absolute atomic E-state index is 8.48. The van der Waals surface area contributed by atoms with Gasteiger partial charge in [-0.2, -0.15) is 5.06 Å². The molecule has 5 nitrogen and oxygen atoms in total. The summed E-state index contributed by atoms with van der Waals surface area (Å²) < 4.78 is 10.7. The molecule has 0 saturated carbocycles. The van der Waals surface area contributed by atoms with Crippen LogP contribution in [0.5, 0.6) is 0 Å². The van der Waals surface area contributed by atoms with Crippen molar-refractivity contribution in [1.82, 2.24) is 5.06 Å². The van der Waals surface area contributed by atoms with Crippen LogP contribution in [0.1, 0.15) is 68.7 Å². The van der Waals surface area contributed by atoms with Crippen LogP contribution >= 0.6 is 0 Å². The lowest BCUT2D eigenvalue weighted by Crippen LogP contribution is -2.36. The second-order valence-electron chi connectivity index (χ2n) is 8.47. The molecule has 0 fully saturated rings. The monoisotopic (exact) mass is 513 g/mol. The minimum atomic E-state index is -0.220. The van der Waals surface area contributed by atoms with Crippen molar-refractivity contribution in [2.75, 3.05) is 33.5 Å². The Bertz CT molecular complexity index is 481. The molecule has 1 N–H and O–H groups in total. The highest BCUT2D eigenvalue weighted by atomic mass is 16.7. The van der Waals surface area contributed by atoms with E-state index in [0.29, 0.717) is 36.8 Å². The Morgan fingerprint density at radius 2 is 1.22 bits per heavy atom. The summed E-state index contributed by atoms with van der Waals surface area (Å²) in [5.74, 6) is 1.45. The predicted molar refractivity (Wildman–Crippen MR) is 162 cm³/mol. The fraction of sp³-hybridized carbons (Fsp3) is 0.677. The highest BCUT2D eigenvalue weighted by Gasteiger charge is 2.19. The van der Waals surface area contributed by atoms with E-state index in [1.54, 1.807) is 13.0 Å². The molecule has 0 rings (SSSR count). The molecule has 0 aliphatic carbocycles. The first-order valence-electron chi connectivity index (χ1n) is 12.8. The Morgan fingerprint density at radius 3 is 1.53 bits per heavy atom. The standard InChI is InChI=1S/C14H27NO2.C9H18O.C5H10O.C2H4.CH4/c1-7-10-13(5)15(6)17-14(8-2)12(4)11-16-9-3;1-5-8(3)9(4)7-10-6-2;1-3-4-5(2)6;1-2;/h7-8,12-14H,1-2,9-11H2,3-6H3;5,8-9H,1,6-7H2,2-4H3;3,5-6H,1,4H2,2H3;1-2H2;1H4/t12-,13-,14+;8-,9+;5-;;/m100../s1. The maximum Gasteiger partial charge on any atom is 0.102 e. The molecule has 5 heteroatoms. The number of ether oxygens (including phenoxy) is 2. The lowest BCUT2D eigenvalue weighted by atomic mass is 9.97. The van der Waals surface area contributed by atoms with Crippen molar-refractivity contribution in [3.63, 3.8) is 0 Å². The van der Waals surface area contributed by atoms with Crippen molar-refractivity contribution in [2.45, 2.75) is 87.0 Å². The number of hydroxylamine groups is 2. The summed E-state index contributed by atoms with van der Waals surface area (Å²) >= 11 is 0. The number of allylic oxidation sites excluding steroid dienone is 1. The third-order valence-corrected chi connectivity index (χ3v) is 5.16. The summed E-state index contributed by atoms with van der Waals surface area (Å²) in [6.45, 7) is 38.1. The zero-order valence-corrected chi connectivity index (χ0v) is 24.4. The number of rotatable bonds is 17. The highest BCUT2D eigenvalue weighted by Crippen LogP contribution is 2.14. The molecule has 0 spiro atoms. The van der Waals surface area contributed by atoms with Crippen LogP contribution in [0, 0.1) is 17.8 Å². The molecule has 0 aromatic rings. The third-order valence-electron chi connectivity index (χ3n) is 5.16. The van der Waals surface area contributed by atoms with Crippen molar-refractivity contribution in [3.8, 4) is 0 Å². The summed E-state index contributed by atoms with van der Waals surface area (Å²) in [6, 6.07) is 0.314. The van der Waals surface area contributed by atoms with Gasteiger partial charge < -0.3 is 14.6 Å². The van der Waals surface area contributed by atoms with Gasteiger partial charge in [0, 0.05) is 38.8 Å². The SMILES string of the molecule is C.C=C.C=CC[C@@H](C)N(C)O[C@@H](C=C)[C@H](C)COCC.C=CC[C@H](C)O.C=C[C@H](C)[C@H](C)COCC. The van der Waals surface area contributed by atoms with Crippen molar-refractivity contribution in [3.05, 3.63) is 63.8 Å². The van der Waals surface area contributed by atoms with Crippen LogP contribution in [0.2, 0.25) is 0 Å². The first kappa shape index (κ1) is 44.5. The van der Waals surface area contributed by atoms with E-state index < -0.39 is 0 Å². The van der Waals surface area contributed by atoms with E-state index in [-0.39, 0.29) is 19.6 Å². The molecule has 0 amide bonds. The molecular weight excluding hydrogens is 450 g/mol. The smallest absolute Gasteiger partial charge is 0.102 e. The first-order chi connectivity index (χ1) is 16.6. The molecule has 36 heavy (non-hydrogen) atoms.